The average molecular weight is 627 g/mol. The predicted octanol–water partition coefficient (Wildman–Crippen LogP) is 3.41. The Morgan fingerprint density at radius 2 is 1.28 bits per heavy atom. The smallest absolute Gasteiger partial charge is 0.140 e. The third kappa shape index (κ3) is 4.94. The minimum atomic E-state index is -4.33. The van der Waals surface area contributed by atoms with E-state index in [1.165, 1.54) is 0 Å². The van der Waals surface area contributed by atoms with E-state index in [0.29, 0.717) is 12.8 Å². The van der Waals surface area contributed by atoms with Gasteiger partial charge in [0, 0.05) is 11.8 Å². The van der Waals surface area contributed by atoms with Crippen molar-refractivity contribution in [3.8, 4) is 0 Å². The number of ketones is 1. The van der Waals surface area contributed by atoms with Crippen molar-refractivity contribution in [3.05, 3.63) is 67.8 Å². The van der Waals surface area contributed by atoms with Crippen molar-refractivity contribution in [2.75, 3.05) is 5.75 Å². The van der Waals surface area contributed by atoms with Crippen molar-refractivity contribution in [2.45, 2.75) is 81.5 Å². The first kappa shape index (κ1) is 29.3. The van der Waals surface area contributed by atoms with E-state index in [4.69, 9.17) is 0 Å². The molecule has 4 rings (SSSR count). The fourth-order valence-electron chi connectivity index (χ4n) is 6.90. The topological polar surface area (TPSA) is 74.3 Å². The van der Waals surface area contributed by atoms with Gasteiger partial charge in [-0.2, -0.15) is 0 Å². The van der Waals surface area contributed by atoms with E-state index >= 15 is 0 Å². The molecule has 0 heterocycles. The molecular formula is C30H43IO4S. The summed E-state index contributed by atoms with van der Waals surface area (Å²) in [6.07, 6.45) is 1.88. The Hall–Kier alpha value is -1.25. The summed E-state index contributed by atoms with van der Waals surface area (Å²) in [4.78, 5) is 11.8. The number of halogens is 1. The predicted molar refractivity (Wildman–Crippen MR) is 143 cm³/mol. The number of hydrogen-bond acceptors (Lipinski definition) is 4. The van der Waals surface area contributed by atoms with Crippen LogP contribution in [0.25, 0.3) is 0 Å². The van der Waals surface area contributed by atoms with Gasteiger partial charge in [-0.25, -0.2) is 8.42 Å². The summed E-state index contributed by atoms with van der Waals surface area (Å²) in [6, 6.07) is 22.5. The molecule has 0 radical (unpaired) electrons. The molecule has 2 aromatic rings. The molecule has 2 bridgehead atoms. The molecule has 2 aliphatic rings. The van der Waals surface area contributed by atoms with Crippen LogP contribution in [0.3, 0.4) is 0 Å². The van der Waals surface area contributed by atoms with E-state index in [-0.39, 0.29) is 24.0 Å². The maximum absolute atomic E-state index is 11.8. The summed E-state index contributed by atoms with van der Waals surface area (Å²) >= 11 is -2.52. The van der Waals surface area contributed by atoms with Gasteiger partial charge in [0.1, 0.15) is 5.78 Å². The molecule has 2 atom stereocenters. The van der Waals surface area contributed by atoms with Gasteiger partial charge >= 0.3 is 135 Å². The van der Waals surface area contributed by atoms with Gasteiger partial charge in [-0.3, -0.25) is 4.79 Å². The van der Waals surface area contributed by atoms with Crippen LogP contribution in [0.5, 0.6) is 0 Å². The van der Waals surface area contributed by atoms with Crippen LogP contribution in [-0.4, -0.2) is 31.4 Å². The Balaban J connectivity index is 0.000000212. The molecule has 2 unspecified atom stereocenters. The number of benzene rings is 2. The van der Waals surface area contributed by atoms with E-state index < -0.39 is 39.7 Å². The SMILES string of the molecule is CC(C)(C)[I+](c1ccccc1)(c1ccccc1)C(C)(C)C.CC1(C)C2CCC1(CS(=O)(=O)[O-])C(=O)C2. The van der Waals surface area contributed by atoms with Crippen molar-refractivity contribution in [1.29, 1.82) is 0 Å². The number of Topliss-reactive ketones (excluding diaryl/α,β-unsaturated/α-hetero) is 1. The molecular weight excluding hydrogens is 583 g/mol. The zero-order valence-electron chi connectivity index (χ0n) is 23.1. The second-order valence-corrected chi connectivity index (χ2v) is 26.3. The second-order valence-electron chi connectivity index (χ2n) is 12.7. The molecule has 6 heteroatoms. The van der Waals surface area contributed by atoms with Gasteiger partial charge < -0.3 is 4.55 Å². The summed E-state index contributed by atoms with van der Waals surface area (Å²) < 4.78 is 36.4. The number of fused-ring (bicyclic) bond motifs is 2. The van der Waals surface area contributed by atoms with Gasteiger partial charge in [0.15, 0.2) is 0 Å². The van der Waals surface area contributed by atoms with Gasteiger partial charge in [0.2, 0.25) is 0 Å². The largest absolute Gasteiger partial charge is 0.748 e. The maximum Gasteiger partial charge on any atom is 0.140 e. The third-order valence-electron chi connectivity index (χ3n) is 8.38. The molecule has 2 aromatic carbocycles. The van der Waals surface area contributed by atoms with Gasteiger partial charge in [-0.15, -0.1) is 0 Å². The van der Waals surface area contributed by atoms with Gasteiger partial charge in [-0.05, 0) is 24.2 Å². The minimum absolute atomic E-state index is 0.0248. The number of alkyl halides is 2. The molecule has 2 fully saturated rings. The van der Waals surface area contributed by atoms with Crippen LogP contribution in [0.15, 0.2) is 60.7 Å². The van der Waals surface area contributed by atoms with Crippen LogP contribution in [0.4, 0.5) is 0 Å². The average Bonchev–Trinajstić information content (AvgIpc) is 3.07. The molecule has 0 amide bonds. The molecule has 0 spiro atoms. The van der Waals surface area contributed by atoms with E-state index in [0.717, 1.165) is 6.42 Å². The van der Waals surface area contributed by atoms with Crippen LogP contribution in [0.1, 0.15) is 74.7 Å². The Bertz CT molecular complexity index is 1120. The minimum Gasteiger partial charge on any atom is -0.748 e. The van der Waals surface area contributed by atoms with Crippen molar-refractivity contribution < 1.29 is 36.2 Å². The van der Waals surface area contributed by atoms with Crippen LogP contribution in [-0.2, 0) is 14.9 Å². The Labute approximate surface area is 222 Å². The third-order valence-corrected chi connectivity index (χ3v) is 24.1. The zero-order valence-corrected chi connectivity index (χ0v) is 26.1. The molecule has 2 saturated carbocycles. The molecule has 0 aromatic heterocycles. The van der Waals surface area contributed by atoms with Crippen LogP contribution >= 0.6 is 0 Å². The fourth-order valence-corrected chi connectivity index (χ4v) is 24.2. The van der Waals surface area contributed by atoms with Gasteiger partial charge in [0.05, 0.1) is 15.9 Å². The molecule has 200 valence electrons. The van der Waals surface area contributed by atoms with E-state index in [1.807, 2.05) is 13.8 Å². The maximum atomic E-state index is 11.8. The van der Waals surface area contributed by atoms with Crippen molar-refractivity contribution >= 4 is 15.9 Å². The van der Waals surface area contributed by atoms with Crippen LogP contribution in [0.2, 0.25) is 0 Å². The first-order valence-electron chi connectivity index (χ1n) is 12.7. The van der Waals surface area contributed by atoms with Crippen molar-refractivity contribution in [3.63, 3.8) is 0 Å². The number of carbonyl (C=O) groups excluding carboxylic acids is 1. The molecule has 36 heavy (non-hydrogen) atoms. The van der Waals surface area contributed by atoms with E-state index in [9.17, 15) is 17.8 Å². The summed E-state index contributed by atoms with van der Waals surface area (Å²) in [5.74, 6) is -0.280. The summed E-state index contributed by atoms with van der Waals surface area (Å²) in [5.41, 5.74) is -1.22. The first-order valence-corrected chi connectivity index (χ1v) is 18.6. The van der Waals surface area contributed by atoms with E-state index in [2.05, 4.69) is 102 Å². The molecule has 0 aliphatic heterocycles. The normalized spacial score (nSPS) is 24.2. The van der Waals surface area contributed by atoms with Crippen LogP contribution < -0.4 is 18.4 Å². The van der Waals surface area contributed by atoms with Crippen LogP contribution in [0, 0.1) is 23.9 Å². The summed E-state index contributed by atoms with van der Waals surface area (Å²) in [5, 5.41) is 0. The summed E-state index contributed by atoms with van der Waals surface area (Å²) in [6.45, 7) is 18.5. The zero-order chi connectivity index (χ0) is 27.2. The van der Waals surface area contributed by atoms with Crippen molar-refractivity contribution in [2.24, 2.45) is 16.7 Å². The number of rotatable bonds is 4. The van der Waals surface area contributed by atoms with Gasteiger partial charge in [0.25, 0.3) is 0 Å². The summed E-state index contributed by atoms with van der Waals surface area (Å²) in [7, 11) is -4.33. The fraction of sp³-hybridized carbons (Fsp3) is 0.567. The molecule has 0 saturated heterocycles. The molecule has 0 N–H and O–H groups in total. The molecule has 2 aliphatic carbocycles. The quantitative estimate of drug-likeness (QED) is 0.297. The van der Waals surface area contributed by atoms with E-state index in [1.54, 1.807) is 7.14 Å². The standard InChI is InChI=1S/C20H28I.C10H16O4S/c1-19(2,3)21(20(4,5)6,17-13-9-7-10-14-17)18-15-11-8-12-16-18;1-9(2)7-3-4-10(9,8(11)5-7)6-15(12,13)14/h7-16H,1-6H3;7H,3-6H2,1-2H3,(H,12,13,14)/q+1;/p-1. The Kier molecular flexibility index (Phi) is 7.99. The second kappa shape index (κ2) is 9.81. The van der Waals surface area contributed by atoms with Crippen molar-refractivity contribution in [1.82, 2.24) is 0 Å². The molecule has 4 nitrogen and oxygen atoms in total. The van der Waals surface area contributed by atoms with Gasteiger partial charge in [-0.1, -0.05) is 13.8 Å². The Morgan fingerprint density at radius 1 is 0.861 bits per heavy atom. The number of hydrogen-bond donors (Lipinski definition) is 0. The first-order chi connectivity index (χ1) is 16.4. The Morgan fingerprint density at radius 3 is 1.56 bits per heavy atom. The number of carbonyl (C=O) groups is 1. The monoisotopic (exact) mass is 626 g/mol.